The highest BCUT2D eigenvalue weighted by molar-refractivity contribution is 7.07. The second-order valence-corrected chi connectivity index (χ2v) is 8.35. The smallest absolute Gasteiger partial charge is 0.0796 e. The lowest BCUT2D eigenvalue weighted by atomic mass is 10.0. The van der Waals surface area contributed by atoms with E-state index in [9.17, 15) is 0 Å². The highest BCUT2D eigenvalue weighted by Crippen LogP contribution is 2.28. The summed E-state index contributed by atoms with van der Waals surface area (Å²) in [4.78, 5) is 12.8. The lowest BCUT2D eigenvalue weighted by Gasteiger charge is -2.07. The molecular formula is C31H26N4S. The van der Waals surface area contributed by atoms with Crippen LogP contribution in [0.15, 0.2) is 151 Å². The second-order valence-electron chi connectivity index (χ2n) is 7.53. The number of rotatable bonds is 4. The first kappa shape index (κ1) is 24.5. The fourth-order valence-corrected chi connectivity index (χ4v) is 3.78. The Balaban J connectivity index is 0.000000147. The summed E-state index contributed by atoms with van der Waals surface area (Å²) in [7, 11) is 0. The van der Waals surface area contributed by atoms with Gasteiger partial charge in [0.15, 0.2) is 0 Å². The van der Waals surface area contributed by atoms with Crippen molar-refractivity contribution < 1.29 is 0 Å². The Kier molecular flexibility index (Phi) is 9.49. The third-order valence-electron chi connectivity index (χ3n) is 4.98. The van der Waals surface area contributed by atoms with Crippen LogP contribution >= 0.6 is 11.3 Å². The van der Waals surface area contributed by atoms with Gasteiger partial charge in [0, 0.05) is 59.0 Å². The minimum atomic E-state index is 0.929. The molecule has 0 aliphatic rings. The predicted molar refractivity (Wildman–Crippen MR) is 151 cm³/mol. The molecule has 4 heterocycles. The molecule has 6 aromatic rings. The maximum atomic E-state index is 4.46. The molecule has 4 nitrogen and oxygen atoms in total. The monoisotopic (exact) mass is 486 g/mol. The molecule has 176 valence electrons. The Hall–Kier alpha value is -4.61. The van der Waals surface area contributed by atoms with Gasteiger partial charge in [-0.15, -0.1) is 0 Å². The molecule has 0 spiro atoms. The number of nitrogens with one attached hydrogen (secondary N) is 1. The van der Waals surface area contributed by atoms with Crippen molar-refractivity contribution >= 4 is 22.7 Å². The quantitative estimate of drug-likeness (QED) is 0.272. The first-order chi connectivity index (χ1) is 17.9. The molecule has 0 bridgehead atoms. The van der Waals surface area contributed by atoms with Crippen LogP contribution < -0.4 is 5.32 Å². The molecule has 0 saturated heterocycles. The number of hydrogen-bond acceptors (Lipinski definition) is 5. The summed E-state index contributed by atoms with van der Waals surface area (Å²) in [6, 6.07) is 36.2. The van der Waals surface area contributed by atoms with Crippen molar-refractivity contribution in [3.63, 3.8) is 0 Å². The molecule has 36 heavy (non-hydrogen) atoms. The summed E-state index contributed by atoms with van der Waals surface area (Å²) in [5, 5.41) is 7.39. The van der Waals surface area contributed by atoms with Crippen molar-refractivity contribution in [2.75, 3.05) is 5.32 Å². The van der Waals surface area contributed by atoms with Crippen LogP contribution in [0.5, 0.6) is 0 Å². The molecule has 0 amide bonds. The van der Waals surface area contributed by atoms with Gasteiger partial charge >= 0.3 is 0 Å². The van der Waals surface area contributed by atoms with E-state index in [1.54, 1.807) is 29.9 Å². The SMILES string of the molecule is c1ccc(Nc2ccccc2)cc1.c1ccsc1.c1cncc(-c2cccnc2-c2cccnc2)c1. The van der Waals surface area contributed by atoms with E-state index in [4.69, 9.17) is 0 Å². The molecule has 2 aromatic carbocycles. The van der Waals surface area contributed by atoms with Gasteiger partial charge in [-0.05, 0) is 59.3 Å². The van der Waals surface area contributed by atoms with Crippen LogP contribution in [0.1, 0.15) is 0 Å². The van der Waals surface area contributed by atoms with Gasteiger partial charge < -0.3 is 5.32 Å². The second kappa shape index (κ2) is 13.9. The van der Waals surface area contributed by atoms with Gasteiger partial charge in [-0.25, -0.2) is 0 Å². The van der Waals surface area contributed by atoms with Crippen molar-refractivity contribution in [1.82, 2.24) is 15.0 Å². The van der Waals surface area contributed by atoms with E-state index in [0.717, 1.165) is 33.8 Å². The number of nitrogens with zero attached hydrogens (tertiary/aromatic N) is 3. The van der Waals surface area contributed by atoms with Gasteiger partial charge in [-0.1, -0.05) is 60.7 Å². The highest BCUT2D eigenvalue weighted by Gasteiger charge is 2.07. The molecule has 0 saturated carbocycles. The number of hydrogen-bond donors (Lipinski definition) is 1. The Morgan fingerprint density at radius 1 is 0.500 bits per heavy atom. The van der Waals surface area contributed by atoms with Crippen LogP contribution in [0.4, 0.5) is 11.4 Å². The molecule has 4 aromatic heterocycles. The number of anilines is 2. The predicted octanol–water partition coefficient (Wildman–Crippen LogP) is 8.38. The molecular weight excluding hydrogens is 460 g/mol. The molecule has 5 heteroatoms. The zero-order chi connectivity index (χ0) is 24.7. The Bertz CT molecular complexity index is 1260. The van der Waals surface area contributed by atoms with Gasteiger partial charge in [-0.2, -0.15) is 11.3 Å². The van der Waals surface area contributed by atoms with Gasteiger partial charge in [0.25, 0.3) is 0 Å². The average Bonchev–Trinajstić information content (AvgIpc) is 3.56. The summed E-state index contributed by atoms with van der Waals surface area (Å²) >= 11 is 1.71. The lowest BCUT2D eigenvalue weighted by molar-refractivity contribution is 1.27. The minimum Gasteiger partial charge on any atom is -0.356 e. The van der Waals surface area contributed by atoms with Crippen LogP contribution in [-0.4, -0.2) is 15.0 Å². The van der Waals surface area contributed by atoms with E-state index in [1.807, 2.05) is 132 Å². The number of benzene rings is 2. The van der Waals surface area contributed by atoms with E-state index in [1.165, 1.54) is 0 Å². The maximum Gasteiger partial charge on any atom is 0.0796 e. The molecule has 6 rings (SSSR count). The molecule has 0 unspecified atom stereocenters. The van der Waals surface area contributed by atoms with Gasteiger partial charge in [0.05, 0.1) is 5.69 Å². The Morgan fingerprint density at radius 3 is 1.56 bits per heavy atom. The van der Waals surface area contributed by atoms with Crippen LogP contribution in [0.25, 0.3) is 22.4 Å². The topological polar surface area (TPSA) is 50.7 Å². The summed E-state index contributed by atoms with van der Waals surface area (Å²) in [5.74, 6) is 0. The normalized spacial score (nSPS) is 9.67. The zero-order valence-electron chi connectivity index (χ0n) is 19.7. The zero-order valence-corrected chi connectivity index (χ0v) is 20.5. The van der Waals surface area contributed by atoms with Crippen molar-refractivity contribution in [2.24, 2.45) is 0 Å². The van der Waals surface area contributed by atoms with Crippen LogP contribution in [0.2, 0.25) is 0 Å². The summed E-state index contributed by atoms with van der Waals surface area (Å²) < 4.78 is 0. The Morgan fingerprint density at radius 2 is 1.06 bits per heavy atom. The molecule has 0 aliphatic heterocycles. The third kappa shape index (κ3) is 7.72. The molecule has 0 radical (unpaired) electrons. The average molecular weight is 487 g/mol. The summed E-state index contributed by atoms with van der Waals surface area (Å²) in [5.41, 5.74) is 6.31. The molecule has 0 aliphatic carbocycles. The number of pyridine rings is 3. The number of aromatic nitrogens is 3. The van der Waals surface area contributed by atoms with Crippen LogP contribution in [0, 0.1) is 0 Å². The van der Waals surface area contributed by atoms with Crippen LogP contribution in [-0.2, 0) is 0 Å². The largest absolute Gasteiger partial charge is 0.356 e. The first-order valence-electron chi connectivity index (χ1n) is 11.5. The molecule has 0 atom stereocenters. The Labute approximate surface area is 216 Å². The van der Waals surface area contributed by atoms with Gasteiger partial charge in [-0.3, -0.25) is 15.0 Å². The molecule has 1 N–H and O–H groups in total. The van der Waals surface area contributed by atoms with Gasteiger partial charge in [0.2, 0.25) is 0 Å². The minimum absolute atomic E-state index is 0.929. The van der Waals surface area contributed by atoms with E-state index in [-0.39, 0.29) is 0 Å². The molecule has 0 fully saturated rings. The summed E-state index contributed by atoms with van der Waals surface area (Å²) in [6.07, 6.45) is 8.99. The van der Waals surface area contributed by atoms with E-state index in [0.29, 0.717) is 0 Å². The lowest BCUT2D eigenvalue weighted by Crippen LogP contribution is -1.89. The van der Waals surface area contributed by atoms with E-state index in [2.05, 4.69) is 20.3 Å². The number of para-hydroxylation sites is 2. The fourth-order valence-electron chi connectivity index (χ4n) is 3.33. The van der Waals surface area contributed by atoms with Crippen molar-refractivity contribution in [2.45, 2.75) is 0 Å². The van der Waals surface area contributed by atoms with Gasteiger partial charge in [0.1, 0.15) is 0 Å². The third-order valence-corrected chi connectivity index (χ3v) is 5.61. The highest BCUT2D eigenvalue weighted by atomic mass is 32.1. The fraction of sp³-hybridized carbons (Fsp3) is 0. The standard InChI is InChI=1S/C15H11N3.C12H11N.C4H4S/c1-4-12(10-16-7-1)14-6-3-9-18-15(14)13-5-2-8-17-11-13;1-3-7-11(8-4-1)13-12-9-5-2-6-10-12;1-2-4-5-3-1/h1-11H;1-10,13H;1-4H. The van der Waals surface area contributed by atoms with Crippen molar-refractivity contribution in [1.29, 1.82) is 0 Å². The van der Waals surface area contributed by atoms with E-state index < -0.39 is 0 Å². The number of thiophene rings is 1. The van der Waals surface area contributed by atoms with Crippen molar-refractivity contribution in [3.05, 3.63) is 151 Å². The van der Waals surface area contributed by atoms with Crippen LogP contribution in [0.3, 0.4) is 0 Å². The van der Waals surface area contributed by atoms with E-state index >= 15 is 0 Å². The maximum absolute atomic E-state index is 4.46. The summed E-state index contributed by atoms with van der Waals surface area (Å²) in [6.45, 7) is 0. The van der Waals surface area contributed by atoms with Crippen molar-refractivity contribution in [3.8, 4) is 22.4 Å². The first-order valence-corrected chi connectivity index (χ1v) is 12.4.